The second-order valence-electron chi connectivity index (χ2n) is 6.90. The first-order valence-corrected chi connectivity index (χ1v) is 10.3. The summed E-state index contributed by atoms with van der Waals surface area (Å²) in [5.41, 5.74) is 3.55. The Hall–Kier alpha value is -3.52. The molecular weight excluding hydrogens is 416 g/mol. The van der Waals surface area contributed by atoms with Crippen LogP contribution in [-0.2, 0) is 11.2 Å². The number of tetrazole rings is 1. The molecule has 4 aromatic rings. The topological polar surface area (TPSA) is 98.6 Å². The number of ether oxygens (including phenoxy) is 1. The van der Waals surface area contributed by atoms with Crippen LogP contribution in [0.15, 0.2) is 48.5 Å². The molecule has 158 valence electrons. The fourth-order valence-electron chi connectivity index (χ4n) is 3.56. The lowest BCUT2D eigenvalue weighted by Gasteiger charge is -2.17. The number of unbranched alkanes of at least 4 members (excludes halogenated alkanes) is 1. The number of hydrogen-bond acceptors (Lipinski definition) is 6. The Morgan fingerprint density at radius 2 is 1.81 bits per heavy atom. The van der Waals surface area contributed by atoms with Crippen LogP contribution in [0.3, 0.4) is 0 Å². The van der Waals surface area contributed by atoms with E-state index in [1.165, 1.54) is 7.11 Å². The molecule has 2 aromatic heterocycles. The number of aryl methyl sites for hydroxylation is 1. The zero-order chi connectivity index (χ0) is 21.8. The highest BCUT2D eigenvalue weighted by Crippen LogP contribution is 2.36. The van der Waals surface area contributed by atoms with Crippen LogP contribution >= 0.6 is 11.6 Å². The van der Waals surface area contributed by atoms with Gasteiger partial charge in [0, 0.05) is 17.5 Å². The molecule has 9 heteroatoms. The second-order valence-corrected chi connectivity index (χ2v) is 7.25. The van der Waals surface area contributed by atoms with E-state index in [9.17, 15) is 4.79 Å². The molecule has 0 bridgehead atoms. The van der Waals surface area contributed by atoms with E-state index in [0.29, 0.717) is 18.1 Å². The van der Waals surface area contributed by atoms with Crippen molar-refractivity contribution < 1.29 is 9.53 Å². The van der Waals surface area contributed by atoms with Crippen molar-refractivity contribution in [2.75, 3.05) is 7.11 Å². The molecule has 4 rings (SSSR count). The predicted octanol–water partition coefficient (Wildman–Crippen LogP) is 4.50. The van der Waals surface area contributed by atoms with Crippen LogP contribution in [0.2, 0.25) is 5.15 Å². The van der Waals surface area contributed by atoms with Gasteiger partial charge >= 0.3 is 5.97 Å². The number of rotatable bonds is 7. The van der Waals surface area contributed by atoms with Crippen LogP contribution in [0, 0.1) is 0 Å². The summed E-state index contributed by atoms with van der Waals surface area (Å²) >= 11 is 6.40. The Balaban J connectivity index is 1.97. The van der Waals surface area contributed by atoms with Gasteiger partial charge in [-0.1, -0.05) is 67.4 Å². The maximum atomic E-state index is 12.6. The smallest absolute Gasteiger partial charge is 0.358 e. The quantitative estimate of drug-likeness (QED) is 0.428. The van der Waals surface area contributed by atoms with E-state index in [4.69, 9.17) is 16.3 Å². The van der Waals surface area contributed by atoms with Crippen molar-refractivity contribution in [1.29, 1.82) is 0 Å². The Bertz CT molecular complexity index is 1200. The minimum absolute atomic E-state index is 0.124. The minimum Gasteiger partial charge on any atom is -0.464 e. The summed E-state index contributed by atoms with van der Waals surface area (Å²) in [5, 5.41) is 14.6. The number of esters is 1. The summed E-state index contributed by atoms with van der Waals surface area (Å²) in [6.07, 6.45) is 2.57. The van der Waals surface area contributed by atoms with E-state index in [0.717, 1.165) is 35.2 Å². The van der Waals surface area contributed by atoms with Crippen molar-refractivity contribution in [3.05, 3.63) is 65.2 Å². The zero-order valence-corrected chi connectivity index (χ0v) is 17.9. The number of para-hydroxylation sites is 1. The number of H-pyrrole nitrogens is 1. The molecular formula is C22H21ClN6O2. The van der Waals surface area contributed by atoms with Crippen LogP contribution in [0.1, 0.15) is 36.1 Å². The highest BCUT2D eigenvalue weighted by molar-refractivity contribution is 6.32. The fraction of sp³-hybridized carbons (Fsp3) is 0.227. The molecule has 0 aliphatic rings. The summed E-state index contributed by atoms with van der Waals surface area (Å²) in [5.74, 6) is 0.645. The van der Waals surface area contributed by atoms with Gasteiger partial charge < -0.3 is 4.74 Å². The number of nitrogens with zero attached hydrogens (tertiary/aromatic N) is 5. The summed E-state index contributed by atoms with van der Waals surface area (Å²) in [6.45, 7) is 2.10. The lowest BCUT2D eigenvalue weighted by Crippen LogP contribution is -2.13. The molecule has 0 fully saturated rings. The number of aromatic amines is 1. The highest BCUT2D eigenvalue weighted by atomic mass is 35.5. The van der Waals surface area contributed by atoms with E-state index < -0.39 is 5.97 Å². The Labute approximate surface area is 184 Å². The molecule has 0 saturated heterocycles. The van der Waals surface area contributed by atoms with Gasteiger partial charge in [-0.2, -0.15) is 5.21 Å². The molecule has 0 unspecified atom stereocenters. The molecule has 1 N–H and O–H groups in total. The number of benzene rings is 2. The zero-order valence-electron chi connectivity index (χ0n) is 17.2. The lowest BCUT2D eigenvalue weighted by atomic mass is 9.97. The Morgan fingerprint density at radius 3 is 2.48 bits per heavy atom. The van der Waals surface area contributed by atoms with Crippen molar-refractivity contribution >= 4 is 17.6 Å². The summed E-state index contributed by atoms with van der Waals surface area (Å²) < 4.78 is 6.81. The number of carbonyl (C=O) groups excluding carboxylic acids is 1. The Kier molecular flexibility index (Phi) is 6.08. The minimum atomic E-state index is -0.540. The van der Waals surface area contributed by atoms with Gasteiger partial charge in [0.25, 0.3) is 0 Å². The average Bonchev–Trinajstić information content (AvgIpc) is 3.45. The largest absolute Gasteiger partial charge is 0.464 e. The monoisotopic (exact) mass is 436 g/mol. The number of halogens is 1. The molecule has 2 aromatic carbocycles. The molecule has 2 heterocycles. The third-order valence-corrected chi connectivity index (χ3v) is 5.25. The van der Waals surface area contributed by atoms with Gasteiger partial charge in [-0.05, 0) is 23.3 Å². The van der Waals surface area contributed by atoms with Crippen molar-refractivity contribution in [3.63, 3.8) is 0 Å². The maximum Gasteiger partial charge on any atom is 0.358 e. The van der Waals surface area contributed by atoms with Crippen molar-refractivity contribution in [1.82, 2.24) is 30.2 Å². The van der Waals surface area contributed by atoms with Gasteiger partial charge in [-0.3, -0.25) is 4.57 Å². The van der Waals surface area contributed by atoms with Gasteiger partial charge in [0.2, 0.25) is 5.82 Å². The highest BCUT2D eigenvalue weighted by Gasteiger charge is 2.26. The molecule has 0 aliphatic carbocycles. The number of hydrogen-bond donors (Lipinski definition) is 1. The van der Waals surface area contributed by atoms with Crippen LogP contribution in [-0.4, -0.2) is 43.3 Å². The Morgan fingerprint density at radius 1 is 1.10 bits per heavy atom. The SMILES string of the molecule is CCCCc1nc(Cl)c(C(=O)OC)n1-c1ccccc1-c1ccccc1-c1nn[nH]n1. The third-order valence-electron chi connectivity index (χ3n) is 4.99. The molecule has 0 spiro atoms. The standard InChI is InChI=1S/C22H21ClN6O2/c1-3-4-13-18-24-20(23)19(22(30)31-2)29(18)17-12-8-7-10-15(17)14-9-5-6-11-16(14)21-25-27-28-26-21/h5-12H,3-4,13H2,1-2H3,(H,25,26,27,28). The van der Waals surface area contributed by atoms with E-state index in [2.05, 4.69) is 32.5 Å². The first-order valence-electron chi connectivity index (χ1n) is 9.93. The molecule has 0 radical (unpaired) electrons. The molecule has 8 nitrogen and oxygen atoms in total. The van der Waals surface area contributed by atoms with Crippen molar-refractivity contribution in [2.24, 2.45) is 0 Å². The number of imidazole rings is 1. The molecule has 0 saturated carbocycles. The van der Waals surface area contributed by atoms with Gasteiger partial charge in [0.1, 0.15) is 5.82 Å². The van der Waals surface area contributed by atoms with E-state index in [1.54, 1.807) is 4.57 Å². The van der Waals surface area contributed by atoms with Crippen LogP contribution in [0.5, 0.6) is 0 Å². The third kappa shape index (κ3) is 3.94. The van der Waals surface area contributed by atoms with Crippen molar-refractivity contribution in [3.8, 4) is 28.2 Å². The molecule has 31 heavy (non-hydrogen) atoms. The summed E-state index contributed by atoms with van der Waals surface area (Å²) in [7, 11) is 1.33. The lowest BCUT2D eigenvalue weighted by molar-refractivity contribution is 0.0591. The maximum absolute atomic E-state index is 12.6. The van der Waals surface area contributed by atoms with Gasteiger partial charge in [0.15, 0.2) is 10.8 Å². The van der Waals surface area contributed by atoms with E-state index in [1.807, 2.05) is 48.5 Å². The number of carbonyl (C=O) groups is 1. The van der Waals surface area contributed by atoms with E-state index >= 15 is 0 Å². The number of methoxy groups -OCH3 is 1. The second kappa shape index (κ2) is 9.09. The van der Waals surface area contributed by atoms with Crippen molar-refractivity contribution in [2.45, 2.75) is 26.2 Å². The summed E-state index contributed by atoms with van der Waals surface area (Å²) in [6, 6.07) is 15.5. The number of aromatic nitrogens is 6. The molecule has 0 amide bonds. The fourth-order valence-corrected chi connectivity index (χ4v) is 3.82. The first-order chi connectivity index (χ1) is 15.2. The van der Waals surface area contributed by atoms with Crippen LogP contribution in [0.4, 0.5) is 0 Å². The molecule has 0 aliphatic heterocycles. The summed E-state index contributed by atoms with van der Waals surface area (Å²) in [4.78, 5) is 17.1. The number of nitrogens with one attached hydrogen (secondary N) is 1. The van der Waals surface area contributed by atoms with Gasteiger partial charge in [-0.15, -0.1) is 10.2 Å². The van der Waals surface area contributed by atoms with Gasteiger partial charge in [0.05, 0.1) is 12.8 Å². The molecule has 0 atom stereocenters. The first kappa shape index (κ1) is 20.7. The van der Waals surface area contributed by atoms with Crippen LogP contribution in [0.25, 0.3) is 28.2 Å². The van der Waals surface area contributed by atoms with Crippen LogP contribution < -0.4 is 0 Å². The van der Waals surface area contributed by atoms with E-state index in [-0.39, 0.29) is 10.8 Å². The predicted molar refractivity (Wildman–Crippen MR) is 117 cm³/mol. The average molecular weight is 437 g/mol. The normalized spacial score (nSPS) is 10.9. The van der Waals surface area contributed by atoms with Gasteiger partial charge in [-0.25, -0.2) is 9.78 Å².